The van der Waals surface area contributed by atoms with Gasteiger partial charge in [-0.2, -0.15) is 0 Å². The number of carbonyl (C=O) groups excluding carboxylic acids is 1. The van der Waals surface area contributed by atoms with Gasteiger partial charge in [0.15, 0.2) is 0 Å². The van der Waals surface area contributed by atoms with E-state index in [1.165, 1.54) is 4.90 Å². The molecule has 0 radical (unpaired) electrons. The fourth-order valence-corrected chi connectivity index (χ4v) is 6.16. The maximum atomic E-state index is 13.7. The number of ether oxygens (including phenoxy) is 1. The van der Waals surface area contributed by atoms with Crippen LogP contribution in [-0.4, -0.2) is 62.1 Å². The van der Waals surface area contributed by atoms with Crippen LogP contribution in [-0.2, 0) is 23.5 Å². The Balaban J connectivity index is 1.26. The first-order valence-corrected chi connectivity index (χ1v) is 12.5. The molecule has 5 heterocycles. The van der Waals surface area contributed by atoms with Gasteiger partial charge in [-0.1, -0.05) is 23.7 Å². The van der Waals surface area contributed by atoms with Gasteiger partial charge in [0.25, 0.3) is 5.91 Å². The number of likely N-dealkylation sites (tertiary alicyclic amines) is 2. The molecular formula is C26H27ClN4O4. The fourth-order valence-electron chi connectivity index (χ4n) is 6.00. The van der Waals surface area contributed by atoms with Gasteiger partial charge >= 0.3 is 6.09 Å². The molecule has 2 aromatic heterocycles. The molecule has 2 amide bonds. The lowest BCUT2D eigenvalue weighted by Crippen LogP contribution is -2.45. The zero-order chi connectivity index (χ0) is 24.2. The predicted molar refractivity (Wildman–Crippen MR) is 131 cm³/mol. The van der Waals surface area contributed by atoms with Crippen molar-refractivity contribution < 1.29 is 19.4 Å². The van der Waals surface area contributed by atoms with E-state index in [4.69, 9.17) is 16.3 Å². The summed E-state index contributed by atoms with van der Waals surface area (Å²) in [4.78, 5) is 33.2. The van der Waals surface area contributed by atoms with Crippen LogP contribution in [0.15, 0.2) is 42.7 Å². The van der Waals surface area contributed by atoms with Crippen LogP contribution >= 0.6 is 11.6 Å². The third-order valence-corrected chi connectivity index (χ3v) is 8.06. The van der Waals surface area contributed by atoms with Crippen molar-refractivity contribution in [3.05, 3.63) is 64.6 Å². The molecule has 1 spiro atoms. The Morgan fingerprint density at radius 1 is 1.20 bits per heavy atom. The van der Waals surface area contributed by atoms with E-state index in [0.717, 1.165) is 47.8 Å². The predicted octanol–water partition coefficient (Wildman–Crippen LogP) is 4.49. The first kappa shape index (κ1) is 22.4. The van der Waals surface area contributed by atoms with Crippen LogP contribution < -0.4 is 0 Å². The minimum atomic E-state index is -0.897. The van der Waals surface area contributed by atoms with Crippen molar-refractivity contribution >= 4 is 34.5 Å². The number of carboxylic acid groups (broad SMARTS) is 1. The lowest BCUT2D eigenvalue weighted by atomic mass is 9.85. The number of carbonyl (C=O) groups is 2. The molecule has 2 fully saturated rings. The summed E-state index contributed by atoms with van der Waals surface area (Å²) in [6.45, 7) is 2.76. The Kier molecular flexibility index (Phi) is 5.45. The van der Waals surface area contributed by atoms with E-state index < -0.39 is 6.09 Å². The van der Waals surface area contributed by atoms with Crippen LogP contribution in [0.3, 0.4) is 0 Å². The van der Waals surface area contributed by atoms with Gasteiger partial charge < -0.3 is 24.2 Å². The highest BCUT2D eigenvalue weighted by atomic mass is 35.5. The van der Waals surface area contributed by atoms with E-state index in [1.807, 2.05) is 33.9 Å². The molecule has 35 heavy (non-hydrogen) atoms. The van der Waals surface area contributed by atoms with Crippen molar-refractivity contribution in [2.24, 2.45) is 0 Å². The fraction of sp³-hybridized carbons (Fsp3) is 0.423. The minimum Gasteiger partial charge on any atom is -0.465 e. The third kappa shape index (κ3) is 3.76. The number of amides is 2. The average molecular weight is 495 g/mol. The summed E-state index contributed by atoms with van der Waals surface area (Å²) >= 11 is 6.30. The molecule has 0 bridgehead atoms. The zero-order valence-electron chi connectivity index (χ0n) is 19.3. The van der Waals surface area contributed by atoms with Crippen molar-refractivity contribution in [3.8, 4) is 0 Å². The number of pyridine rings is 1. The number of rotatable bonds is 3. The highest BCUT2D eigenvalue weighted by Gasteiger charge is 2.44. The second kappa shape index (κ2) is 8.53. The van der Waals surface area contributed by atoms with Gasteiger partial charge in [-0.25, -0.2) is 4.79 Å². The second-order valence-electron chi connectivity index (χ2n) is 9.70. The Morgan fingerprint density at radius 3 is 2.83 bits per heavy atom. The number of hydrogen-bond acceptors (Lipinski definition) is 4. The van der Waals surface area contributed by atoms with Crippen LogP contribution in [0.1, 0.15) is 47.3 Å². The van der Waals surface area contributed by atoms with Gasteiger partial charge in [-0.15, -0.1) is 0 Å². The van der Waals surface area contributed by atoms with Crippen LogP contribution in [0.25, 0.3) is 10.9 Å². The highest BCUT2D eigenvalue weighted by molar-refractivity contribution is 6.31. The SMILES string of the molecule is O=C(c1cn(C[C@@H]2CCCN2C(=O)O)c2cc(Cl)ccc12)N1CCC2(CC1)OCc1ncccc12. The number of halogens is 1. The summed E-state index contributed by atoms with van der Waals surface area (Å²) in [5.74, 6) is -0.0168. The standard InChI is InChI=1S/C26H27ClN4O4/c27-17-5-6-19-20(15-30(23(19)13-17)14-18-3-2-10-31(18)25(33)34)24(32)29-11-7-26(8-12-29)21-4-1-9-28-22(21)16-35-26/h1,4-6,9,13,15,18H,2-3,7-8,10-12,14,16H2,(H,33,34)/t18-/m0/s1. The number of benzene rings is 1. The Bertz CT molecular complexity index is 1310. The molecular weight excluding hydrogens is 468 g/mol. The summed E-state index contributed by atoms with van der Waals surface area (Å²) in [5.41, 5.74) is 3.27. The Morgan fingerprint density at radius 2 is 2.03 bits per heavy atom. The summed E-state index contributed by atoms with van der Waals surface area (Å²) in [7, 11) is 0. The third-order valence-electron chi connectivity index (χ3n) is 7.83. The maximum Gasteiger partial charge on any atom is 0.407 e. The first-order valence-electron chi connectivity index (χ1n) is 12.1. The van der Waals surface area contributed by atoms with Crippen molar-refractivity contribution in [3.63, 3.8) is 0 Å². The van der Waals surface area contributed by atoms with Crippen molar-refractivity contribution in [2.75, 3.05) is 19.6 Å². The van der Waals surface area contributed by atoms with Crippen LogP contribution in [0, 0.1) is 0 Å². The number of aromatic nitrogens is 2. The topological polar surface area (TPSA) is 87.9 Å². The number of hydrogen-bond donors (Lipinski definition) is 1. The molecule has 3 aliphatic rings. The average Bonchev–Trinajstić information content (AvgIpc) is 3.57. The minimum absolute atomic E-state index is 0.0168. The molecule has 9 heteroatoms. The van der Waals surface area contributed by atoms with Crippen LogP contribution in [0.5, 0.6) is 0 Å². The van der Waals surface area contributed by atoms with Gasteiger partial charge in [0.1, 0.15) is 0 Å². The molecule has 0 unspecified atom stereocenters. The molecule has 3 aliphatic heterocycles. The Labute approximate surface area is 208 Å². The molecule has 0 saturated carbocycles. The molecule has 1 atom stereocenters. The van der Waals surface area contributed by atoms with Crippen molar-refractivity contribution in [2.45, 2.75) is 50.5 Å². The van der Waals surface area contributed by atoms with Crippen molar-refractivity contribution in [1.29, 1.82) is 0 Å². The molecule has 1 aromatic carbocycles. The first-order chi connectivity index (χ1) is 16.9. The van der Waals surface area contributed by atoms with Crippen molar-refractivity contribution in [1.82, 2.24) is 19.4 Å². The van der Waals surface area contributed by atoms with E-state index in [0.29, 0.717) is 43.4 Å². The van der Waals surface area contributed by atoms with E-state index in [-0.39, 0.29) is 17.6 Å². The second-order valence-corrected chi connectivity index (χ2v) is 10.1. The molecule has 2 saturated heterocycles. The summed E-state index contributed by atoms with van der Waals surface area (Å²) in [5, 5.41) is 11.0. The van der Waals surface area contributed by atoms with E-state index in [2.05, 4.69) is 11.1 Å². The molecule has 1 N–H and O–H groups in total. The molecule has 182 valence electrons. The van der Waals surface area contributed by atoms with Gasteiger partial charge in [-0.3, -0.25) is 9.78 Å². The van der Waals surface area contributed by atoms with Gasteiger partial charge in [0.05, 0.1) is 35.0 Å². The molecule has 8 nitrogen and oxygen atoms in total. The maximum absolute atomic E-state index is 13.7. The van der Waals surface area contributed by atoms with E-state index >= 15 is 0 Å². The lowest BCUT2D eigenvalue weighted by molar-refractivity contribution is -0.0744. The van der Waals surface area contributed by atoms with E-state index in [1.54, 1.807) is 12.3 Å². The van der Waals surface area contributed by atoms with E-state index in [9.17, 15) is 14.7 Å². The van der Waals surface area contributed by atoms with Gasteiger partial charge in [0.2, 0.25) is 0 Å². The number of piperidine rings is 1. The number of nitrogens with zero attached hydrogens (tertiary/aromatic N) is 4. The monoisotopic (exact) mass is 494 g/mol. The number of fused-ring (bicyclic) bond motifs is 3. The largest absolute Gasteiger partial charge is 0.465 e. The summed E-state index contributed by atoms with van der Waals surface area (Å²) < 4.78 is 8.20. The normalized spacial score (nSPS) is 21.1. The smallest absolute Gasteiger partial charge is 0.407 e. The van der Waals surface area contributed by atoms with Crippen LogP contribution in [0.4, 0.5) is 4.79 Å². The quantitative estimate of drug-likeness (QED) is 0.579. The van der Waals surface area contributed by atoms with Gasteiger partial charge in [-0.05, 0) is 43.9 Å². The molecule has 6 rings (SSSR count). The van der Waals surface area contributed by atoms with Crippen LogP contribution in [0.2, 0.25) is 5.02 Å². The zero-order valence-corrected chi connectivity index (χ0v) is 20.1. The summed E-state index contributed by atoms with van der Waals surface area (Å²) in [6.07, 6.45) is 5.89. The molecule has 0 aliphatic carbocycles. The summed E-state index contributed by atoms with van der Waals surface area (Å²) in [6, 6.07) is 9.46. The molecule has 3 aromatic rings. The lowest BCUT2D eigenvalue weighted by Gasteiger charge is -2.39. The highest BCUT2D eigenvalue weighted by Crippen LogP contribution is 2.43. The van der Waals surface area contributed by atoms with Gasteiger partial charge in [0, 0.05) is 54.5 Å². The Hall–Kier alpha value is -3.10.